The third kappa shape index (κ3) is 1.63. The maximum Gasteiger partial charge on any atom is 0.137 e. The summed E-state index contributed by atoms with van der Waals surface area (Å²) in [4.78, 5) is 9.76. The second-order valence-corrected chi connectivity index (χ2v) is 6.19. The standard InChI is InChI=1S/C14H17N3S/c1-2-11-10-17(8-7-16(11)6-1)14-12-4-9-18-13(12)3-5-15-14/h3-5,9,11H,1-2,6-8,10H2/t11-/m1/s1. The Labute approximate surface area is 111 Å². The molecule has 4 heterocycles. The highest BCUT2D eigenvalue weighted by atomic mass is 32.1. The lowest BCUT2D eigenvalue weighted by Gasteiger charge is -2.38. The molecule has 2 saturated heterocycles. The maximum absolute atomic E-state index is 4.63. The molecule has 0 spiro atoms. The topological polar surface area (TPSA) is 19.4 Å². The molecule has 3 nitrogen and oxygen atoms in total. The van der Waals surface area contributed by atoms with Crippen molar-refractivity contribution in [3.63, 3.8) is 0 Å². The number of fused-ring (bicyclic) bond motifs is 2. The number of thiophene rings is 1. The Morgan fingerprint density at radius 2 is 2.22 bits per heavy atom. The third-order valence-electron chi connectivity index (χ3n) is 4.25. The van der Waals surface area contributed by atoms with Crippen LogP contribution in [0.2, 0.25) is 0 Å². The molecule has 2 fully saturated rings. The van der Waals surface area contributed by atoms with E-state index in [0.29, 0.717) is 0 Å². The highest BCUT2D eigenvalue weighted by molar-refractivity contribution is 7.17. The van der Waals surface area contributed by atoms with E-state index in [4.69, 9.17) is 0 Å². The first-order valence-corrected chi connectivity index (χ1v) is 7.61. The van der Waals surface area contributed by atoms with Crippen LogP contribution < -0.4 is 4.90 Å². The number of pyridine rings is 1. The Balaban J connectivity index is 1.68. The van der Waals surface area contributed by atoms with Gasteiger partial charge in [-0.3, -0.25) is 4.90 Å². The fraction of sp³-hybridized carbons (Fsp3) is 0.500. The van der Waals surface area contributed by atoms with E-state index in [-0.39, 0.29) is 0 Å². The number of aromatic nitrogens is 1. The number of nitrogens with zero attached hydrogens (tertiary/aromatic N) is 3. The smallest absolute Gasteiger partial charge is 0.137 e. The van der Waals surface area contributed by atoms with Crippen LogP contribution in [-0.4, -0.2) is 42.1 Å². The van der Waals surface area contributed by atoms with Gasteiger partial charge < -0.3 is 4.90 Å². The molecule has 18 heavy (non-hydrogen) atoms. The van der Waals surface area contributed by atoms with Crippen LogP contribution in [0.15, 0.2) is 23.7 Å². The minimum atomic E-state index is 0.759. The van der Waals surface area contributed by atoms with Gasteiger partial charge in [-0.25, -0.2) is 4.98 Å². The molecule has 94 valence electrons. The second kappa shape index (κ2) is 4.21. The zero-order chi connectivity index (χ0) is 11.9. The fourth-order valence-corrected chi connectivity index (χ4v) is 4.09. The Morgan fingerprint density at radius 3 is 3.22 bits per heavy atom. The minimum absolute atomic E-state index is 0.759. The number of anilines is 1. The summed E-state index contributed by atoms with van der Waals surface area (Å²) in [7, 11) is 0. The third-order valence-corrected chi connectivity index (χ3v) is 5.13. The van der Waals surface area contributed by atoms with Crippen molar-refractivity contribution in [2.75, 3.05) is 31.1 Å². The van der Waals surface area contributed by atoms with Gasteiger partial charge in [-0.1, -0.05) is 0 Å². The van der Waals surface area contributed by atoms with Gasteiger partial charge in [0, 0.05) is 42.0 Å². The first-order valence-electron chi connectivity index (χ1n) is 6.73. The molecule has 4 heteroatoms. The maximum atomic E-state index is 4.63. The van der Waals surface area contributed by atoms with Gasteiger partial charge in [0.1, 0.15) is 5.82 Å². The quantitative estimate of drug-likeness (QED) is 0.784. The van der Waals surface area contributed by atoms with Gasteiger partial charge in [-0.05, 0) is 36.9 Å². The van der Waals surface area contributed by atoms with Crippen molar-refractivity contribution in [1.29, 1.82) is 0 Å². The molecule has 0 unspecified atom stereocenters. The summed E-state index contributed by atoms with van der Waals surface area (Å²) in [6.07, 6.45) is 4.68. The van der Waals surface area contributed by atoms with Crippen molar-refractivity contribution in [3.05, 3.63) is 23.7 Å². The number of hydrogen-bond donors (Lipinski definition) is 0. The number of piperazine rings is 1. The first kappa shape index (κ1) is 10.8. The highest BCUT2D eigenvalue weighted by Crippen LogP contribution is 2.31. The first-order chi connectivity index (χ1) is 8.92. The molecular weight excluding hydrogens is 242 g/mol. The van der Waals surface area contributed by atoms with E-state index in [1.165, 1.54) is 41.8 Å². The van der Waals surface area contributed by atoms with Gasteiger partial charge in [0.25, 0.3) is 0 Å². The van der Waals surface area contributed by atoms with E-state index in [9.17, 15) is 0 Å². The highest BCUT2D eigenvalue weighted by Gasteiger charge is 2.31. The van der Waals surface area contributed by atoms with E-state index < -0.39 is 0 Å². The zero-order valence-electron chi connectivity index (χ0n) is 10.4. The zero-order valence-corrected chi connectivity index (χ0v) is 11.2. The second-order valence-electron chi connectivity index (χ2n) is 5.25. The Kier molecular flexibility index (Phi) is 2.52. The van der Waals surface area contributed by atoms with Gasteiger partial charge in [0.2, 0.25) is 0 Å². The lowest BCUT2D eigenvalue weighted by Crippen LogP contribution is -2.50. The summed E-state index contributed by atoms with van der Waals surface area (Å²) < 4.78 is 1.36. The molecular formula is C14H17N3S. The number of hydrogen-bond acceptors (Lipinski definition) is 4. The van der Waals surface area contributed by atoms with Crippen molar-refractivity contribution < 1.29 is 0 Å². The van der Waals surface area contributed by atoms with E-state index >= 15 is 0 Å². The van der Waals surface area contributed by atoms with Gasteiger partial charge in [-0.15, -0.1) is 11.3 Å². The summed E-state index contributed by atoms with van der Waals surface area (Å²) in [6.45, 7) is 4.78. The van der Waals surface area contributed by atoms with Gasteiger partial charge >= 0.3 is 0 Å². The lowest BCUT2D eigenvalue weighted by atomic mass is 10.1. The minimum Gasteiger partial charge on any atom is -0.353 e. The van der Waals surface area contributed by atoms with Crippen molar-refractivity contribution in [2.24, 2.45) is 0 Å². The molecule has 0 saturated carbocycles. The monoisotopic (exact) mass is 259 g/mol. The Bertz CT molecular complexity index is 565. The molecule has 0 N–H and O–H groups in total. The molecule has 0 aliphatic carbocycles. The largest absolute Gasteiger partial charge is 0.353 e. The SMILES string of the molecule is c1cc2sccc2c(N2CCN3CCC[C@@H]3C2)n1. The summed E-state index contributed by atoms with van der Waals surface area (Å²) in [5.74, 6) is 1.19. The van der Waals surface area contributed by atoms with Gasteiger partial charge in [-0.2, -0.15) is 0 Å². The summed E-state index contributed by atoms with van der Waals surface area (Å²) in [5, 5.41) is 3.50. The van der Waals surface area contributed by atoms with Crippen LogP contribution in [-0.2, 0) is 0 Å². The molecule has 1 atom stereocenters. The average molecular weight is 259 g/mol. The predicted octanol–water partition coefficient (Wildman–Crippen LogP) is 2.58. The summed E-state index contributed by atoms with van der Waals surface area (Å²) in [6, 6.07) is 5.09. The fourth-order valence-electron chi connectivity index (χ4n) is 3.32. The molecule has 0 amide bonds. The summed E-state index contributed by atoms with van der Waals surface area (Å²) in [5.41, 5.74) is 0. The summed E-state index contributed by atoms with van der Waals surface area (Å²) >= 11 is 1.81. The van der Waals surface area contributed by atoms with Crippen molar-refractivity contribution >= 4 is 27.2 Å². The Morgan fingerprint density at radius 1 is 1.22 bits per heavy atom. The van der Waals surface area contributed by atoms with Gasteiger partial charge in [0.05, 0.1) is 0 Å². The molecule has 0 bridgehead atoms. The van der Waals surface area contributed by atoms with Gasteiger partial charge in [0.15, 0.2) is 0 Å². The van der Waals surface area contributed by atoms with E-state index in [1.807, 2.05) is 17.5 Å². The van der Waals surface area contributed by atoms with Crippen LogP contribution in [0.3, 0.4) is 0 Å². The van der Waals surface area contributed by atoms with Crippen LogP contribution >= 0.6 is 11.3 Å². The molecule has 2 aliphatic heterocycles. The van der Waals surface area contributed by atoms with Crippen LogP contribution in [0.4, 0.5) is 5.82 Å². The van der Waals surface area contributed by atoms with Crippen molar-refractivity contribution in [1.82, 2.24) is 9.88 Å². The van der Waals surface area contributed by atoms with Crippen molar-refractivity contribution in [2.45, 2.75) is 18.9 Å². The average Bonchev–Trinajstić information content (AvgIpc) is 3.05. The van der Waals surface area contributed by atoms with E-state index in [2.05, 4.69) is 32.3 Å². The molecule has 2 aromatic rings. The van der Waals surface area contributed by atoms with Crippen molar-refractivity contribution in [3.8, 4) is 0 Å². The normalized spacial score (nSPS) is 24.7. The molecule has 4 rings (SSSR count). The van der Waals surface area contributed by atoms with Crippen LogP contribution in [0.5, 0.6) is 0 Å². The molecule has 0 aromatic carbocycles. The van der Waals surface area contributed by atoms with Crippen LogP contribution in [0.1, 0.15) is 12.8 Å². The van der Waals surface area contributed by atoms with E-state index in [1.54, 1.807) is 0 Å². The lowest BCUT2D eigenvalue weighted by molar-refractivity contribution is 0.230. The number of rotatable bonds is 1. The molecule has 0 radical (unpaired) electrons. The molecule has 2 aromatic heterocycles. The van der Waals surface area contributed by atoms with E-state index in [0.717, 1.165) is 19.1 Å². The van der Waals surface area contributed by atoms with Crippen LogP contribution in [0, 0.1) is 0 Å². The molecule has 2 aliphatic rings. The van der Waals surface area contributed by atoms with Crippen LogP contribution in [0.25, 0.3) is 10.1 Å². The predicted molar refractivity (Wildman–Crippen MR) is 76.4 cm³/mol. The Hall–Kier alpha value is -1.13.